The third-order valence-corrected chi connectivity index (χ3v) is 6.06. The zero-order valence-corrected chi connectivity index (χ0v) is 18.6. The lowest BCUT2D eigenvalue weighted by Crippen LogP contribution is -2.28. The standard InChI is InChI=1S/C31H25NO/c1-32(31(33)25-13-3-2-4-14-25)22-27(30-20-10-16-24-12-6-8-19-29(24)30)21-26-17-9-15-23-11-5-7-18-28(23)26/h2-21H,22H2,1H3/b27-21-. The van der Waals surface area contributed by atoms with Crippen LogP contribution in [0.25, 0.3) is 33.2 Å². The van der Waals surface area contributed by atoms with E-state index < -0.39 is 0 Å². The molecule has 0 fully saturated rings. The third kappa shape index (κ3) is 4.28. The second-order valence-electron chi connectivity index (χ2n) is 8.29. The van der Waals surface area contributed by atoms with Crippen molar-refractivity contribution in [3.05, 3.63) is 132 Å². The molecule has 0 N–H and O–H groups in total. The van der Waals surface area contributed by atoms with Gasteiger partial charge in [-0.3, -0.25) is 4.79 Å². The highest BCUT2D eigenvalue weighted by molar-refractivity contribution is 6.03. The highest BCUT2D eigenvalue weighted by atomic mass is 16.2. The summed E-state index contributed by atoms with van der Waals surface area (Å²) in [6.07, 6.45) is 2.24. The summed E-state index contributed by atoms with van der Waals surface area (Å²) in [5.74, 6) is 0.0136. The van der Waals surface area contributed by atoms with Gasteiger partial charge in [0.05, 0.1) is 0 Å². The van der Waals surface area contributed by atoms with Crippen molar-refractivity contribution in [3.8, 4) is 0 Å². The number of nitrogens with zero attached hydrogens (tertiary/aromatic N) is 1. The summed E-state index contributed by atoms with van der Waals surface area (Å²) in [7, 11) is 1.87. The summed E-state index contributed by atoms with van der Waals surface area (Å²) in [4.78, 5) is 14.9. The quantitative estimate of drug-likeness (QED) is 0.269. The number of hydrogen-bond donors (Lipinski definition) is 0. The van der Waals surface area contributed by atoms with Crippen LogP contribution in [0.4, 0.5) is 0 Å². The van der Waals surface area contributed by atoms with Crippen LogP contribution in [-0.2, 0) is 0 Å². The number of amides is 1. The molecule has 0 aliphatic rings. The fraction of sp³-hybridized carbons (Fsp3) is 0.0645. The molecule has 0 saturated heterocycles. The Morgan fingerprint density at radius 2 is 1.24 bits per heavy atom. The Morgan fingerprint density at radius 3 is 2.00 bits per heavy atom. The zero-order valence-electron chi connectivity index (χ0n) is 18.6. The van der Waals surface area contributed by atoms with Gasteiger partial charge in [-0.2, -0.15) is 0 Å². The van der Waals surface area contributed by atoms with Gasteiger partial charge in [-0.25, -0.2) is 0 Å². The van der Waals surface area contributed by atoms with E-state index in [0.29, 0.717) is 12.1 Å². The molecule has 0 aromatic heterocycles. The van der Waals surface area contributed by atoms with Crippen LogP contribution in [0.1, 0.15) is 21.5 Å². The average molecular weight is 428 g/mol. The van der Waals surface area contributed by atoms with Gasteiger partial charge in [0.2, 0.25) is 0 Å². The second-order valence-corrected chi connectivity index (χ2v) is 8.29. The lowest BCUT2D eigenvalue weighted by atomic mass is 9.94. The van der Waals surface area contributed by atoms with E-state index in [0.717, 1.165) is 16.7 Å². The van der Waals surface area contributed by atoms with Gasteiger partial charge in [-0.1, -0.05) is 103 Å². The van der Waals surface area contributed by atoms with Gasteiger partial charge in [0.1, 0.15) is 0 Å². The average Bonchev–Trinajstić information content (AvgIpc) is 2.88. The van der Waals surface area contributed by atoms with Crippen molar-refractivity contribution in [1.82, 2.24) is 4.90 Å². The first-order valence-electron chi connectivity index (χ1n) is 11.2. The maximum absolute atomic E-state index is 13.1. The van der Waals surface area contributed by atoms with Gasteiger partial charge < -0.3 is 4.90 Å². The van der Waals surface area contributed by atoms with Gasteiger partial charge in [0.15, 0.2) is 0 Å². The summed E-state index contributed by atoms with van der Waals surface area (Å²) in [5, 5.41) is 4.79. The van der Waals surface area contributed by atoms with Gasteiger partial charge in [0.25, 0.3) is 5.91 Å². The predicted molar refractivity (Wildman–Crippen MR) is 139 cm³/mol. The number of hydrogen-bond acceptors (Lipinski definition) is 1. The van der Waals surface area contributed by atoms with E-state index in [1.807, 2.05) is 37.4 Å². The molecule has 0 aliphatic heterocycles. The number of likely N-dealkylation sites (N-methyl/N-ethyl adjacent to an activating group) is 1. The Kier molecular flexibility index (Phi) is 5.73. The molecule has 160 valence electrons. The maximum atomic E-state index is 13.1. The number of carbonyl (C=O) groups excluding carboxylic acids is 1. The molecule has 5 aromatic rings. The lowest BCUT2D eigenvalue weighted by molar-refractivity contribution is 0.0813. The van der Waals surface area contributed by atoms with Crippen LogP contribution in [-0.4, -0.2) is 24.4 Å². The molecule has 2 heteroatoms. The van der Waals surface area contributed by atoms with Gasteiger partial charge in [0, 0.05) is 19.2 Å². The molecular weight excluding hydrogens is 402 g/mol. The number of benzene rings is 5. The van der Waals surface area contributed by atoms with Crippen LogP contribution in [0.5, 0.6) is 0 Å². The van der Waals surface area contributed by atoms with Crippen LogP contribution < -0.4 is 0 Å². The summed E-state index contributed by atoms with van der Waals surface area (Å²) < 4.78 is 0. The number of fused-ring (bicyclic) bond motifs is 2. The summed E-state index contributed by atoms with van der Waals surface area (Å²) >= 11 is 0. The minimum Gasteiger partial charge on any atom is -0.337 e. The van der Waals surface area contributed by atoms with E-state index >= 15 is 0 Å². The molecule has 0 atom stereocenters. The van der Waals surface area contributed by atoms with Crippen LogP contribution in [0.3, 0.4) is 0 Å². The molecule has 5 aromatic carbocycles. The molecule has 0 unspecified atom stereocenters. The van der Waals surface area contributed by atoms with Crippen molar-refractivity contribution >= 4 is 39.1 Å². The van der Waals surface area contributed by atoms with Crippen molar-refractivity contribution in [1.29, 1.82) is 0 Å². The Bertz CT molecular complexity index is 1460. The van der Waals surface area contributed by atoms with Crippen molar-refractivity contribution in [2.45, 2.75) is 0 Å². The van der Waals surface area contributed by atoms with Crippen LogP contribution >= 0.6 is 0 Å². The molecular formula is C31H25NO. The van der Waals surface area contributed by atoms with Crippen molar-refractivity contribution in [3.63, 3.8) is 0 Å². The normalized spacial score (nSPS) is 11.6. The summed E-state index contributed by atoms with van der Waals surface area (Å²) in [6.45, 7) is 0.505. The molecule has 0 aliphatic carbocycles. The molecule has 1 amide bonds. The lowest BCUT2D eigenvalue weighted by Gasteiger charge is -2.21. The predicted octanol–water partition coefficient (Wildman–Crippen LogP) is 7.31. The third-order valence-electron chi connectivity index (χ3n) is 6.06. The summed E-state index contributed by atoms with van der Waals surface area (Å²) in [6, 6.07) is 39.0. The smallest absolute Gasteiger partial charge is 0.253 e. The fourth-order valence-electron chi connectivity index (χ4n) is 4.41. The molecule has 0 radical (unpaired) electrons. The molecule has 0 saturated carbocycles. The monoisotopic (exact) mass is 427 g/mol. The highest BCUT2D eigenvalue weighted by Gasteiger charge is 2.16. The van der Waals surface area contributed by atoms with Gasteiger partial charge in [-0.15, -0.1) is 0 Å². The highest BCUT2D eigenvalue weighted by Crippen LogP contribution is 2.30. The van der Waals surface area contributed by atoms with Crippen LogP contribution in [0.2, 0.25) is 0 Å². The minimum atomic E-state index is 0.0136. The largest absolute Gasteiger partial charge is 0.337 e. The van der Waals surface area contributed by atoms with Crippen molar-refractivity contribution in [2.24, 2.45) is 0 Å². The van der Waals surface area contributed by atoms with Crippen molar-refractivity contribution < 1.29 is 4.79 Å². The van der Waals surface area contributed by atoms with Gasteiger partial charge in [-0.05, 0) is 56.5 Å². The first-order valence-corrected chi connectivity index (χ1v) is 11.2. The Labute approximate surface area is 194 Å². The first kappa shape index (κ1) is 20.7. The molecule has 0 spiro atoms. The van der Waals surface area contributed by atoms with Gasteiger partial charge >= 0.3 is 0 Å². The second kappa shape index (κ2) is 9.13. The van der Waals surface area contributed by atoms with E-state index in [-0.39, 0.29) is 5.91 Å². The SMILES string of the molecule is CN(C/C(=C/c1cccc2ccccc12)c1cccc2ccccc12)C(=O)c1ccccc1. The van der Waals surface area contributed by atoms with E-state index in [9.17, 15) is 4.79 Å². The fourth-order valence-corrected chi connectivity index (χ4v) is 4.41. The molecule has 33 heavy (non-hydrogen) atoms. The van der Waals surface area contributed by atoms with E-state index in [1.165, 1.54) is 21.5 Å². The molecule has 2 nitrogen and oxygen atoms in total. The Balaban J connectivity index is 1.64. The minimum absolute atomic E-state index is 0.0136. The summed E-state index contributed by atoms with van der Waals surface area (Å²) in [5.41, 5.74) is 4.10. The molecule has 0 heterocycles. The number of rotatable bonds is 5. The molecule has 5 rings (SSSR count). The maximum Gasteiger partial charge on any atom is 0.253 e. The van der Waals surface area contributed by atoms with Crippen LogP contribution in [0, 0.1) is 0 Å². The van der Waals surface area contributed by atoms with E-state index in [1.54, 1.807) is 4.90 Å². The van der Waals surface area contributed by atoms with E-state index in [2.05, 4.69) is 91.0 Å². The van der Waals surface area contributed by atoms with E-state index in [4.69, 9.17) is 0 Å². The Morgan fingerprint density at radius 1 is 0.667 bits per heavy atom. The zero-order chi connectivity index (χ0) is 22.6. The Hall–Kier alpha value is -4.17. The number of carbonyl (C=O) groups is 1. The van der Waals surface area contributed by atoms with Crippen molar-refractivity contribution in [2.75, 3.05) is 13.6 Å². The molecule has 0 bridgehead atoms. The van der Waals surface area contributed by atoms with Crippen LogP contribution in [0.15, 0.2) is 115 Å². The topological polar surface area (TPSA) is 20.3 Å². The first-order chi connectivity index (χ1) is 16.2.